The molecule has 0 saturated heterocycles. The first-order valence-electron chi connectivity index (χ1n) is 5.96. The second-order valence-corrected chi connectivity index (χ2v) is 4.47. The van der Waals surface area contributed by atoms with E-state index >= 15 is 0 Å². The average Bonchev–Trinajstić information content (AvgIpc) is 2.74. The molecule has 0 amide bonds. The average molecular weight is 247 g/mol. The van der Waals surface area contributed by atoms with Crippen molar-refractivity contribution >= 4 is 0 Å². The fourth-order valence-electron chi connectivity index (χ4n) is 1.56. The first-order valence-corrected chi connectivity index (χ1v) is 5.96. The lowest BCUT2D eigenvalue weighted by Crippen LogP contribution is -2.21. The highest BCUT2D eigenvalue weighted by Gasteiger charge is 2.07. The van der Waals surface area contributed by atoms with Gasteiger partial charge in [0, 0.05) is 6.04 Å². The number of benzene rings is 1. The maximum Gasteiger partial charge on any atom is 0.230 e. The lowest BCUT2D eigenvalue weighted by atomic mass is 10.1. The van der Waals surface area contributed by atoms with E-state index in [9.17, 15) is 5.11 Å². The van der Waals surface area contributed by atoms with Gasteiger partial charge in [0.2, 0.25) is 11.8 Å². The molecule has 1 heterocycles. The van der Waals surface area contributed by atoms with E-state index in [1.165, 1.54) is 0 Å². The molecule has 5 nitrogen and oxygen atoms in total. The molecular weight excluding hydrogens is 230 g/mol. The molecule has 0 radical (unpaired) electrons. The molecule has 96 valence electrons. The number of hydrogen-bond acceptors (Lipinski definition) is 5. The van der Waals surface area contributed by atoms with Crippen LogP contribution in [0.1, 0.15) is 31.2 Å². The number of phenols is 1. The summed E-state index contributed by atoms with van der Waals surface area (Å²) in [5, 5.41) is 20.5. The first-order chi connectivity index (χ1) is 8.63. The van der Waals surface area contributed by atoms with E-state index in [0.29, 0.717) is 30.8 Å². The van der Waals surface area contributed by atoms with Crippen molar-refractivity contribution in [1.29, 1.82) is 0 Å². The van der Waals surface area contributed by atoms with Crippen LogP contribution in [0.5, 0.6) is 5.75 Å². The SMILES string of the molecule is CC(C)NCc1nnc(Cc2cccc(O)c2)o1. The highest BCUT2D eigenvalue weighted by molar-refractivity contribution is 5.28. The van der Waals surface area contributed by atoms with Crippen molar-refractivity contribution in [3.8, 4) is 5.75 Å². The molecule has 0 bridgehead atoms. The van der Waals surface area contributed by atoms with Crippen LogP contribution in [0.3, 0.4) is 0 Å². The summed E-state index contributed by atoms with van der Waals surface area (Å²) in [4.78, 5) is 0. The van der Waals surface area contributed by atoms with Crippen LogP contribution < -0.4 is 5.32 Å². The molecule has 0 saturated carbocycles. The molecule has 5 heteroatoms. The fourth-order valence-corrected chi connectivity index (χ4v) is 1.56. The number of phenolic OH excluding ortho intramolecular Hbond substituents is 1. The zero-order chi connectivity index (χ0) is 13.0. The van der Waals surface area contributed by atoms with Crippen molar-refractivity contribution in [1.82, 2.24) is 15.5 Å². The Balaban J connectivity index is 1.98. The Bertz CT molecular complexity index is 508. The van der Waals surface area contributed by atoms with Crippen LogP contribution >= 0.6 is 0 Å². The van der Waals surface area contributed by atoms with Crippen molar-refractivity contribution in [3.05, 3.63) is 41.6 Å². The molecule has 0 aliphatic carbocycles. The maximum atomic E-state index is 9.36. The van der Waals surface area contributed by atoms with E-state index in [1.54, 1.807) is 18.2 Å². The molecule has 2 aromatic rings. The van der Waals surface area contributed by atoms with Gasteiger partial charge >= 0.3 is 0 Å². The van der Waals surface area contributed by atoms with Gasteiger partial charge in [0.1, 0.15) is 5.75 Å². The van der Waals surface area contributed by atoms with Gasteiger partial charge in [0.05, 0.1) is 13.0 Å². The highest BCUT2D eigenvalue weighted by Crippen LogP contribution is 2.14. The van der Waals surface area contributed by atoms with Gasteiger partial charge in [0.25, 0.3) is 0 Å². The first kappa shape index (κ1) is 12.6. The number of hydrogen-bond donors (Lipinski definition) is 2. The van der Waals surface area contributed by atoms with Crippen molar-refractivity contribution in [2.24, 2.45) is 0 Å². The van der Waals surface area contributed by atoms with Crippen LogP contribution in [0.2, 0.25) is 0 Å². The Kier molecular flexibility index (Phi) is 3.94. The van der Waals surface area contributed by atoms with Gasteiger partial charge in [-0.2, -0.15) is 0 Å². The molecule has 0 unspecified atom stereocenters. The van der Waals surface area contributed by atoms with E-state index < -0.39 is 0 Å². The lowest BCUT2D eigenvalue weighted by Gasteiger charge is -2.03. The van der Waals surface area contributed by atoms with Crippen LogP contribution in [0.25, 0.3) is 0 Å². The normalized spacial score (nSPS) is 11.1. The molecule has 1 aromatic carbocycles. The summed E-state index contributed by atoms with van der Waals surface area (Å²) in [6.07, 6.45) is 0.531. The second-order valence-electron chi connectivity index (χ2n) is 4.47. The van der Waals surface area contributed by atoms with Crippen molar-refractivity contribution in [2.45, 2.75) is 32.9 Å². The Morgan fingerprint density at radius 3 is 2.78 bits per heavy atom. The topological polar surface area (TPSA) is 71.2 Å². The molecule has 2 N–H and O–H groups in total. The Labute approximate surface area is 106 Å². The molecular formula is C13H17N3O2. The standard InChI is InChI=1S/C13H17N3O2/c1-9(2)14-8-13-16-15-12(18-13)7-10-4-3-5-11(17)6-10/h3-6,9,14,17H,7-8H2,1-2H3. The van der Waals surface area contributed by atoms with Gasteiger partial charge in [-0.1, -0.05) is 26.0 Å². The third-order valence-electron chi connectivity index (χ3n) is 2.44. The Hall–Kier alpha value is -1.88. The van der Waals surface area contributed by atoms with E-state index in [4.69, 9.17) is 4.42 Å². The quantitative estimate of drug-likeness (QED) is 0.844. The summed E-state index contributed by atoms with van der Waals surface area (Å²) in [6.45, 7) is 4.69. The molecule has 18 heavy (non-hydrogen) atoms. The summed E-state index contributed by atoms with van der Waals surface area (Å²) >= 11 is 0. The number of nitrogens with zero attached hydrogens (tertiary/aromatic N) is 2. The molecule has 0 fully saturated rings. The summed E-state index contributed by atoms with van der Waals surface area (Å²) in [6, 6.07) is 7.41. The zero-order valence-electron chi connectivity index (χ0n) is 10.6. The molecule has 1 aromatic heterocycles. The van der Waals surface area contributed by atoms with Crippen molar-refractivity contribution < 1.29 is 9.52 Å². The molecule has 2 rings (SSSR count). The molecule has 0 aliphatic rings. The monoisotopic (exact) mass is 247 g/mol. The van der Waals surface area contributed by atoms with Crippen molar-refractivity contribution in [3.63, 3.8) is 0 Å². The summed E-state index contributed by atoms with van der Waals surface area (Å²) in [5.41, 5.74) is 0.946. The van der Waals surface area contributed by atoms with Gasteiger partial charge < -0.3 is 14.8 Å². The predicted octanol–water partition coefficient (Wildman–Crippen LogP) is 1.86. The minimum absolute atomic E-state index is 0.244. The number of rotatable bonds is 5. The van der Waals surface area contributed by atoms with E-state index in [0.717, 1.165) is 5.56 Å². The van der Waals surface area contributed by atoms with Gasteiger partial charge in [0.15, 0.2) is 0 Å². The van der Waals surface area contributed by atoms with Gasteiger partial charge in [-0.05, 0) is 17.7 Å². The van der Waals surface area contributed by atoms with E-state index in [2.05, 4.69) is 29.4 Å². The smallest absolute Gasteiger partial charge is 0.230 e. The lowest BCUT2D eigenvalue weighted by molar-refractivity contribution is 0.427. The van der Waals surface area contributed by atoms with E-state index in [-0.39, 0.29) is 5.75 Å². The van der Waals surface area contributed by atoms with Gasteiger partial charge in [-0.15, -0.1) is 10.2 Å². The van der Waals surface area contributed by atoms with Crippen LogP contribution in [-0.2, 0) is 13.0 Å². The summed E-state index contributed by atoms with van der Waals surface area (Å²) in [7, 11) is 0. The third-order valence-corrected chi connectivity index (χ3v) is 2.44. The second kappa shape index (κ2) is 5.64. The summed E-state index contributed by atoms with van der Waals surface area (Å²) in [5.74, 6) is 1.38. The fraction of sp³-hybridized carbons (Fsp3) is 0.385. The Morgan fingerprint density at radius 2 is 2.06 bits per heavy atom. The van der Waals surface area contributed by atoms with Gasteiger partial charge in [-0.3, -0.25) is 0 Å². The van der Waals surface area contributed by atoms with Crippen LogP contribution in [-0.4, -0.2) is 21.3 Å². The predicted molar refractivity (Wildman–Crippen MR) is 67.2 cm³/mol. The minimum Gasteiger partial charge on any atom is -0.508 e. The molecule has 0 aliphatic heterocycles. The summed E-state index contributed by atoms with van der Waals surface area (Å²) < 4.78 is 5.51. The largest absolute Gasteiger partial charge is 0.508 e. The molecule has 0 spiro atoms. The van der Waals surface area contributed by atoms with Gasteiger partial charge in [-0.25, -0.2) is 0 Å². The minimum atomic E-state index is 0.244. The molecule has 0 atom stereocenters. The van der Waals surface area contributed by atoms with Crippen LogP contribution in [0.4, 0.5) is 0 Å². The number of nitrogens with one attached hydrogen (secondary N) is 1. The van der Waals surface area contributed by atoms with Crippen LogP contribution in [0, 0.1) is 0 Å². The highest BCUT2D eigenvalue weighted by atomic mass is 16.4. The number of aromatic hydroxyl groups is 1. The van der Waals surface area contributed by atoms with Crippen molar-refractivity contribution in [2.75, 3.05) is 0 Å². The van der Waals surface area contributed by atoms with E-state index in [1.807, 2.05) is 6.07 Å². The zero-order valence-corrected chi connectivity index (χ0v) is 10.6. The third kappa shape index (κ3) is 3.56. The maximum absolute atomic E-state index is 9.36. The number of aromatic nitrogens is 2. The van der Waals surface area contributed by atoms with Crippen LogP contribution in [0.15, 0.2) is 28.7 Å². The Morgan fingerprint density at radius 1 is 1.28 bits per heavy atom.